The highest BCUT2D eigenvalue weighted by atomic mass is 35.5. The second kappa shape index (κ2) is 8.91. The summed E-state index contributed by atoms with van der Waals surface area (Å²) in [6, 6.07) is 12.6. The summed E-state index contributed by atoms with van der Waals surface area (Å²) >= 11 is 11.9. The molecule has 8 heteroatoms. The summed E-state index contributed by atoms with van der Waals surface area (Å²) in [5.74, 6) is -0.0327. The van der Waals surface area contributed by atoms with Gasteiger partial charge in [0.15, 0.2) is 0 Å². The Labute approximate surface area is 172 Å². The van der Waals surface area contributed by atoms with Crippen molar-refractivity contribution in [3.63, 3.8) is 0 Å². The third-order valence-electron chi connectivity index (χ3n) is 4.05. The van der Waals surface area contributed by atoms with Crippen LogP contribution in [-0.2, 0) is 22.6 Å². The number of amides is 2. The Morgan fingerprint density at radius 2 is 1.93 bits per heavy atom. The minimum absolute atomic E-state index is 0.0523. The lowest BCUT2D eigenvalue weighted by Crippen LogP contribution is -2.42. The number of aromatic nitrogens is 2. The van der Waals surface area contributed by atoms with E-state index in [4.69, 9.17) is 23.2 Å². The van der Waals surface area contributed by atoms with E-state index in [9.17, 15) is 9.59 Å². The number of imidazole rings is 1. The maximum Gasteiger partial charge on any atom is 0.262 e. The highest BCUT2D eigenvalue weighted by Gasteiger charge is 2.12. The molecule has 0 aliphatic carbocycles. The molecule has 28 heavy (non-hydrogen) atoms. The average molecular weight is 417 g/mol. The lowest BCUT2D eigenvalue weighted by molar-refractivity contribution is -0.127. The molecule has 1 heterocycles. The Morgan fingerprint density at radius 1 is 1.14 bits per heavy atom. The number of aryl methyl sites for hydroxylation is 1. The quantitative estimate of drug-likeness (QED) is 0.490. The van der Waals surface area contributed by atoms with Crippen molar-refractivity contribution in [2.45, 2.75) is 19.9 Å². The molecule has 0 bridgehead atoms. The molecule has 0 unspecified atom stereocenters. The summed E-state index contributed by atoms with van der Waals surface area (Å²) in [5.41, 5.74) is 7.11. The van der Waals surface area contributed by atoms with Gasteiger partial charge >= 0.3 is 0 Å². The van der Waals surface area contributed by atoms with Crippen LogP contribution >= 0.6 is 23.2 Å². The molecule has 0 aliphatic rings. The number of fused-ring (bicyclic) bond motifs is 1. The van der Waals surface area contributed by atoms with Crippen LogP contribution in [0.3, 0.4) is 0 Å². The van der Waals surface area contributed by atoms with Gasteiger partial charge in [0.1, 0.15) is 12.4 Å². The van der Waals surface area contributed by atoms with E-state index < -0.39 is 5.91 Å². The maximum absolute atomic E-state index is 12.3. The lowest BCUT2D eigenvalue weighted by Gasteiger charge is -2.09. The third kappa shape index (κ3) is 4.71. The molecule has 0 fully saturated rings. The van der Waals surface area contributed by atoms with Gasteiger partial charge in [-0.15, -0.1) is 0 Å². The molecule has 0 aliphatic heterocycles. The van der Waals surface area contributed by atoms with Crippen molar-refractivity contribution in [3.05, 3.63) is 70.0 Å². The summed E-state index contributed by atoms with van der Waals surface area (Å²) in [5, 5.41) is 0.942. The van der Waals surface area contributed by atoms with Crippen LogP contribution in [0.4, 0.5) is 0 Å². The minimum atomic E-state index is -0.481. The third-order valence-corrected chi connectivity index (χ3v) is 4.62. The summed E-state index contributed by atoms with van der Waals surface area (Å²) in [6.45, 7) is 2.03. The number of rotatable bonds is 5. The first-order valence-corrected chi connectivity index (χ1v) is 9.39. The molecule has 3 rings (SSSR count). The summed E-state index contributed by atoms with van der Waals surface area (Å²) in [4.78, 5) is 28.7. The second-order valence-corrected chi connectivity index (χ2v) is 6.84. The number of nitrogens with one attached hydrogen (secondary N) is 2. The fraction of sp³-hybridized carbons (Fsp3) is 0.150. The van der Waals surface area contributed by atoms with E-state index >= 15 is 0 Å². The maximum atomic E-state index is 12.3. The van der Waals surface area contributed by atoms with E-state index in [0.29, 0.717) is 22.0 Å². The van der Waals surface area contributed by atoms with Crippen molar-refractivity contribution < 1.29 is 9.59 Å². The molecule has 1 aromatic heterocycles. The zero-order valence-electron chi connectivity index (χ0n) is 15.1. The molecular formula is C20H18Cl2N4O2. The predicted molar refractivity (Wildman–Crippen MR) is 111 cm³/mol. The predicted octanol–water partition coefficient (Wildman–Crippen LogP) is 3.77. The number of hydrazine groups is 1. The molecule has 0 atom stereocenters. The van der Waals surface area contributed by atoms with Crippen molar-refractivity contribution >= 4 is 52.1 Å². The molecule has 2 aromatic carbocycles. The van der Waals surface area contributed by atoms with Gasteiger partial charge in [-0.1, -0.05) is 48.3 Å². The Bertz CT molecular complexity index is 1060. The minimum Gasteiger partial charge on any atom is -0.318 e. The van der Waals surface area contributed by atoms with E-state index in [2.05, 4.69) is 15.8 Å². The Morgan fingerprint density at radius 3 is 2.68 bits per heavy atom. The molecule has 6 nitrogen and oxygen atoms in total. The smallest absolute Gasteiger partial charge is 0.262 e. The van der Waals surface area contributed by atoms with Crippen LogP contribution in [0.5, 0.6) is 0 Å². The Hall–Kier alpha value is -2.83. The normalized spacial score (nSPS) is 11.1. The summed E-state index contributed by atoms with van der Waals surface area (Å²) in [7, 11) is 0. The first-order chi connectivity index (χ1) is 13.5. The molecule has 2 N–H and O–H groups in total. The Balaban J connectivity index is 1.60. The fourth-order valence-corrected chi connectivity index (χ4v) is 3.20. The van der Waals surface area contributed by atoms with Crippen LogP contribution in [0.2, 0.25) is 10.0 Å². The zero-order chi connectivity index (χ0) is 20.1. The van der Waals surface area contributed by atoms with Gasteiger partial charge in [0.2, 0.25) is 0 Å². The average Bonchev–Trinajstić information content (AvgIpc) is 3.03. The number of carbonyl (C=O) groups excluding carboxylic acids is 2. The number of benzene rings is 2. The lowest BCUT2D eigenvalue weighted by atomic mass is 10.2. The number of carbonyl (C=O) groups is 2. The van der Waals surface area contributed by atoms with Crippen molar-refractivity contribution in [1.82, 2.24) is 20.4 Å². The van der Waals surface area contributed by atoms with Crippen LogP contribution < -0.4 is 10.9 Å². The van der Waals surface area contributed by atoms with Gasteiger partial charge in [-0.25, -0.2) is 4.98 Å². The SMILES string of the molecule is CCc1nc2ccccc2n1CC(=O)NNC(=O)/C=C/c1ccc(Cl)cc1Cl. The second-order valence-electron chi connectivity index (χ2n) is 5.99. The summed E-state index contributed by atoms with van der Waals surface area (Å²) in [6.07, 6.45) is 3.51. The first kappa shape index (κ1) is 19.9. The molecule has 0 radical (unpaired) electrons. The van der Waals surface area contributed by atoms with Crippen LogP contribution in [0.15, 0.2) is 48.5 Å². The van der Waals surface area contributed by atoms with Gasteiger partial charge in [0.25, 0.3) is 11.8 Å². The van der Waals surface area contributed by atoms with Crippen molar-refractivity contribution in [2.24, 2.45) is 0 Å². The summed E-state index contributed by atoms with van der Waals surface area (Å²) < 4.78 is 1.83. The van der Waals surface area contributed by atoms with Crippen LogP contribution in [0.25, 0.3) is 17.1 Å². The van der Waals surface area contributed by atoms with E-state index in [1.165, 1.54) is 6.08 Å². The van der Waals surface area contributed by atoms with Gasteiger partial charge in [-0.3, -0.25) is 20.4 Å². The van der Waals surface area contributed by atoms with E-state index in [1.807, 2.05) is 35.8 Å². The van der Waals surface area contributed by atoms with Crippen LogP contribution in [0.1, 0.15) is 18.3 Å². The van der Waals surface area contributed by atoms with Crippen LogP contribution in [-0.4, -0.2) is 21.4 Å². The number of nitrogens with zero attached hydrogens (tertiary/aromatic N) is 2. The number of halogens is 2. The standard InChI is InChI=1S/C20H18Cl2N4O2/c1-2-18-23-16-5-3-4-6-17(16)26(18)12-20(28)25-24-19(27)10-8-13-7-9-14(21)11-15(13)22/h3-11H,2,12H2,1H3,(H,24,27)(H,25,28)/b10-8+. The largest absolute Gasteiger partial charge is 0.318 e. The van der Waals surface area contributed by atoms with Gasteiger partial charge in [0.05, 0.1) is 11.0 Å². The molecule has 0 saturated carbocycles. The molecule has 0 spiro atoms. The van der Waals surface area contributed by atoms with Crippen molar-refractivity contribution in [1.29, 1.82) is 0 Å². The van der Waals surface area contributed by atoms with E-state index in [1.54, 1.807) is 24.3 Å². The van der Waals surface area contributed by atoms with Gasteiger partial charge in [0, 0.05) is 22.5 Å². The number of hydrogen-bond acceptors (Lipinski definition) is 3. The monoisotopic (exact) mass is 416 g/mol. The van der Waals surface area contributed by atoms with Gasteiger partial charge in [-0.05, 0) is 35.9 Å². The molecule has 3 aromatic rings. The van der Waals surface area contributed by atoms with Gasteiger partial charge < -0.3 is 4.57 Å². The van der Waals surface area contributed by atoms with Crippen molar-refractivity contribution in [2.75, 3.05) is 0 Å². The van der Waals surface area contributed by atoms with Crippen LogP contribution in [0, 0.1) is 0 Å². The number of hydrogen-bond donors (Lipinski definition) is 2. The molecule has 2 amide bonds. The topological polar surface area (TPSA) is 76.0 Å². The fourth-order valence-electron chi connectivity index (χ4n) is 2.73. The first-order valence-electron chi connectivity index (χ1n) is 8.64. The number of para-hydroxylation sites is 2. The van der Waals surface area contributed by atoms with E-state index in [0.717, 1.165) is 16.9 Å². The van der Waals surface area contributed by atoms with Crippen molar-refractivity contribution in [3.8, 4) is 0 Å². The van der Waals surface area contributed by atoms with E-state index in [-0.39, 0.29) is 12.5 Å². The van der Waals surface area contributed by atoms with Gasteiger partial charge in [-0.2, -0.15) is 0 Å². The highest BCUT2D eigenvalue weighted by molar-refractivity contribution is 6.35. The molecule has 0 saturated heterocycles. The Kier molecular flexibility index (Phi) is 6.34. The molecular weight excluding hydrogens is 399 g/mol. The highest BCUT2D eigenvalue weighted by Crippen LogP contribution is 2.21. The zero-order valence-corrected chi connectivity index (χ0v) is 16.6. The molecule has 144 valence electrons.